The van der Waals surface area contributed by atoms with Crippen LogP contribution in [0.4, 0.5) is 0 Å². The maximum Gasteiger partial charge on any atom is 0.222 e. The number of carbonyl (C=O) groups is 1. The summed E-state index contributed by atoms with van der Waals surface area (Å²) in [7, 11) is 0. The van der Waals surface area contributed by atoms with Crippen LogP contribution in [0, 0.1) is 13.8 Å². The molecule has 2 aromatic heterocycles. The van der Waals surface area contributed by atoms with Crippen molar-refractivity contribution in [3.05, 3.63) is 71.3 Å². The van der Waals surface area contributed by atoms with Crippen molar-refractivity contribution in [3.8, 4) is 0 Å². The molecule has 0 spiro atoms. The highest BCUT2D eigenvalue weighted by Crippen LogP contribution is 2.25. The molecule has 3 rings (SSSR count). The lowest BCUT2D eigenvalue weighted by Gasteiger charge is -2.22. The molecule has 0 aliphatic carbocycles. The largest absolute Gasteiger partial charge is 0.345 e. The van der Waals surface area contributed by atoms with Crippen molar-refractivity contribution in [1.29, 1.82) is 0 Å². The van der Waals surface area contributed by atoms with Crippen molar-refractivity contribution < 1.29 is 4.79 Å². The molecule has 1 atom stereocenters. The van der Waals surface area contributed by atoms with Crippen molar-refractivity contribution in [2.24, 2.45) is 0 Å². The number of nitrogens with zero attached hydrogens (tertiary/aromatic N) is 5. The summed E-state index contributed by atoms with van der Waals surface area (Å²) in [6.07, 6.45) is 5.31. The minimum absolute atomic E-state index is 0.0646. The van der Waals surface area contributed by atoms with Gasteiger partial charge in [0, 0.05) is 18.8 Å². The van der Waals surface area contributed by atoms with Crippen LogP contribution in [0.1, 0.15) is 34.7 Å². The number of aryl methyl sites for hydroxylation is 3. The monoisotopic (exact) mass is 336 g/mol. The van der Waals surface area contributed by atoms with E-state index in [4.69, 9.17) is 0 Å². The number of tetrazole rings is 1. The molecule has 0 radical (unpaired) electrons. The van der Waals surface area contributed by atoms with Crippen LogP contribution in [0.25, 0.3) is 0 Å². The summed E-state index contributed by atoms with van der Waals surface area (Å²) < 4.78 is 1.54. The Morgan fingerprint density at radius 3 is 2.88 bits per heavy atom. The highest BCUT2D eigenvalue weighted by Gasteiger charge is 2.19. The molecule has 0 unspecified atom stereocenters. The molecule has 1 amide bonds. The van der Waals surface area contributed by atoms with E-state index in [9.17, 15) is 4.79 Å². The molecule has 1 aromatic carbocycles. The summed E-state index contributed by atoms with van der Waals surface area (Å²) in [4.78, 5) is 16.7. The third-order valence-electron chi connectivity index (χ3n) is 4.03. The van der Waals surface area contributed by atoms with Gasteiger partial charge in [0.05, 0.1) is 12.6 Å². The van der Waals surface area contributed by atoms with Crippen molar-refractivity contribution >= 4 is 5.91 Å². The molecule has 0 aliphatic heterocycles. The number of rotatable bonds is 6. The lowest BCUT2D eigenvalue weighted by atomic mass is 9.94. The van der Waals surface area contributed by atoms with Gasteiger partial charge in [-0.2, -0.15) is 0 Å². The minimum Gasteiger partial charge on any atom is -0.345 e. The second-order valence-corrected chi connectivity index (χ2v) is 5.97. The van der Waals surface area contributed by atoms with Crippen molar-refractivity contribution in [2.45, 2.75) is 32.9 Å². The van der Waals surface area contributed by atoms with Gasteiger partial charge in [-0.05, 0) is 47.0 Å². The fraction of sp³-hybridized carbons (Fsp3) is 0.278. The number of nitrogens with one attached hydrogen (secondary N) is 1. The Kier molecular flexibility index (Phi) is 5.13. The smallest absolute Gasteiger partial charge is 0.222 e. The number of aromatic nitrogens is 5. The van der Waals surface area contributed by atoms with Gasteiger partial charge in [-0.3, -0.25) is 9.78 Å². The van der Waals surface area contributed by atoms with E-state index in [1.165, 1.54) is 11.0 Å². The Morgan fingerprint density at radius 2 is 2.16 bits per heavy atom. The van der Waals surface area contributed by atoms with Gasteiger partial charge in [0.1, 0.15) is 6.33 Å². The first-order chi connectivity index (χ1) is 12.1. The second kappa shape index (κ2) is 7.65. The zero-order valence-corrected chi connectivity index (χ0v) is 14.3. The number of carbonyl (C=O) groups excluding carboxylic acids is 1. The van der Waals surface area contributed by atoms with Gasteiger partial charge in [0.2, 0.25) is 5.91 Å². The van der Waals surface area contributed by atoms with Crippen LogP contribution >= 0.6 is 0 Å². The molecule has 2 heterocycles. The first-order valence-corrected chi connectivity index (χ1v) is 8.10. The van der Waals surface area contributed by atoms with E-state index in [1.54, 1.807) is 12.4 Å². The summed E-state index contributed by atoms with van der Waals surface area (Å²) in [5, 5.41) is 14.0. The average Bonchev–Trinajstić information content (AvgIpc) is 3.14. The summed E-state index contributed by atoms with van der Waals surface area (Å²) in [5.74, 6) is -0.0646. The fourth-order valence-electron chi connectivity index (χ4n) is 2.69. The van der Waals surface area contributed by atoms with Gasteiger partial charge in [-0.25, -0.2) is 4.68 Å². The Balaban J connectivity index is 1.81. The number of amides is 1. The molecule has 7 nitrogen and oxygen atoms in total. The van der Waals surface area contributed by atoms with Crippen molar-refractivity contribution in [3.63, 3.8) is 0 Å². The fourth-order valence-corrected chi connectivity index (χ4v) is 2.69. The summed E-state index contributed by atoms with van der Waals surface area (Å²) in [5.41, 5.74) is 4.30. The second-order valence-electron chi connectivity index (χ2n) is 5.97. The molecule has 25 heavy (non-hydrogen) atoms. The number of hydrogen-bond acceptors (Lipinski definition) is 5. The molecule has 0 saturated carbocycles. The normalized spacial score (nSPS) is 11.9. The lowest BCUT2D eigenvalue weighted by Crippen LogP contribution is -2.30. The predicted molar refractivity (Wildman–Crippen MR) is 92.6 cm³/mol. The van der Waals surface area contributed by atoms with Gasteiger partial charge >= 0.3 is 0 Å². The van der Waals surface area contributed by atoms with Gasteiger partial charge in [-0.1, -0.05) is 29.8 Å². The van der Waals surface area contributed by atoms with E-state index in [0.29, 0.717) is 13.0 Å². The maximum absolute atomic E-state index is 12.5. The van der Waals surface area contributed by atoms with Crippen LogP contribution in [-0.4, -0.2) is 31.1 Å². The van der Waals surface area contributed by atoms with Gasteiger partial charge in [0.25, 0.3) is 0 Å². The number of hydrogen-bond donors (Lipinski definition) is 1. The highest BCUT2D eigenvalue weighted by molar-refractivity contribution is 5.77. The van der Waals surface area contributed by atoms with E-state index in [-0.39, 0.29) is 11.9 Å². The third-order valence-corrected chi connectivity index (χ3v) is 4.03. The molecule has 0 saturated heterocycles. The van der Waals surface area contributed by atoms with Gasteiger partial charge in [0.15, 0.2) is 0 Å². The molecule has 128 valence electrons. The number of pyridine rings is 1. The van der Waals surface area contributed by atoms with Crippen LogP contribution in [0.5, 0.6) is 0 Å². The Bertz CT molecular complexity index is 832. The summed E-state index contributed by atoms with van der Waals surface area (Å²) in [6, 6.07) is 9.85. The van der Waals surface area contributed by atoms with Crippen molar-refractivity contribution in [1.82, 2.24) is 30.5 Å². The molecular weight excluding hydrogens is 316 g/mol. The SMILES string of the molecule is Cc1ccc(C)c([C@@H](NC(=O)CCn2cnnn2)c2cccnc2)c1. The van der Waals surface area contributed by atoms with E-state index < -0.39 is 0 Å². The quantitative estimate of drug-likeness (QED) is 0.744. The van der Waals surface area contributed by atoms with E-state index in [2.05, 4.69) is 44.0 Å². The zero-order chi connectivity index (χ0) is 17.6. The Morgan fingerprint density at radius 1 is 1.28 bits per heavy atom. The summed E-state index contributed by atoms with van der Waals surface area (Å²) in [6.45, 7) is 4.53. The maximum atomic E-state index is 12.5. The van der Waals surface area contributed by atoms with Crippen LogP contribution < -0.4 is 5.32 Å². The van der Waals surface area contributed by atoms with Crippen LogP contribution in [0.3, 0.4) is 0 Å². The highest BCUT2D eigenvalue weighted by atomic mass is 16.1. The van der Waals surface area contributed by atoms with E-state index in [1.807, 2.05) is 26.0 Å². The van der Waals surface area contributed by atoms with Gasteiger partial charge < -0.3 is 5.32 Å². The molecule has 0 fully saturated rings. The van der Waals surface area contributed by atoms with Gasteiger partial charge in [-0.15, -0.1) is 5.10 Å². The zero-order valence-electron chi connectivity index (χ0n) is 14.3. The van der Waals surface area contributed by atoms with E-state index >= 15 is 0 Å². The first kappa shape index (κ1) is 16.8. The molecule has 7 heteroatoms. The summed E-state index contributed by atoms with van der Waals surface area (Å²) >= 11 is 0. The Labute approximate surface area is 146 Å². The Hall–Kier alpha value is -3.09. The van der Waals surface area contributed by atoms with Crippen LogP contribution in [0.2, 0.25) is 0 Å². The molecule has 3 aromatic rings. The predicted octanol–water partition coefficient (Wildman–Crippen LogP) is 1.98. The van der Waals surface area contributed by atoms with E-state index in [0.717, 1.165) is 22.3 Å². The van der Waals surface area contributed by atoms with Crippen LogP contribution in [-0.2, 0) is 11.3 Å². The standard InChI is InChI=1S/C18H20N6O/c1-13-5-6-14(2)16(10-13)18(15-4-3-8-19-11-15)21-17(25)7-9-24-12-20-22-23-24/h3-6,8,10-12,18H,7,9H2,1-2H3,(H,21,25)/t18-/m0/s1. The lowest BCUT2D eigenvalue weighted by molar-refractivity contribution is -0.121. The third kappa shape index (κ3) is 4.26. The molecule has 0 aliphatic rings. The average molecular weight is 336 g/mol. The minimum atomic E-state index is -0.241. The molecular formula is C18H20N6O. The van der Waals surface area contributed by atoms with Crippen molar-refractivity contribution in [2.75, 3.05) is 0 Å². The molecule has 0 bridgehead atoms. The number of benzene rings is 1. The molecule has 1 N–H and O–H groups in total. The van der Waals surface area contributed by atoms with Crippen LogP contribution in [0.15, 0.2) is 49.1 Å². The first-order valence-electron chi connectivity index (χ1n) is 8.10. The topological polar surface area (TPSA) is 85.6 Å².